The molecule has 1 fully saturated rings. The van der Waals surface area contributed by atoms with E-state index in [-0.39, 0.29) is 0 Å². The molecular weight excluding hydrogens is 444 g/mol. The number of aryl methyl sites for hydroxylation is 1. The van der Waals surface area contributed by atoms with E-state index in [9.17, 15) is 0 Å². The lowest BCUT2D eigenvalue weighted by atomic mass is 9.95. The predicted molar refractivity (Wildman–Crippen MR) is 131 cm³/mol. The highest BCUT2D eigenvalue weighted by Gasteiger charge is 2.24. The van der Waals surface area contributed by atoms with Crippen molar-refractivity contribution in [3.05, 3.63) is 49.4 Å². The van der Waals surface area contributed by atoms with E-state index >= 15 is 0 Å². The van der Waals surface area contributed by atoms with Gasteiger partial charge in [-0.3, -0.25) is 0 Å². The van der Waals surface area contributed by atoms with E-state index in [1.54, 1.807) is 19.6 Å². The molecule has 5 aromatic rings. The third kappa shape index (κ3) is 3.90. The summed E-state index contributed by atoms with van der Waals surface area (Å²) in [5.41, 5.74) is 3.55. The summed E-state index contributed by atoms with van der Waals surface area (Å²) in [6.45, 7) is 0. The topological polar surface area (TPSA) is 109 Å². The number of nitrogens with one attached hydrogen (secondary N) is 1. The standard InChI is InChI=1S/C25H26N8O2/c1-32-14-28-31-24(32)16-8-9-19(21(11-16)34-2)29-25-27-12-17-10-20(22-13-26-15-35-22)33(23(17)30-25)18-6-4-3-5-7-18/h8-15,18H,3-7H2,1-2H3,(H,27,29,30). The van der Waals surface area contributed by atoms with Gasteiger partial charge in [0.15, 0.2) is 18.0 Å². The summed E-state index contributed by atoms with van der Waals surface area (Å²) >= 11 is 0. The molecule has 0 aliphatic heterocycles. The van der Waals surface area contributed by atoms with Crippen LogP contribution < -0.4 is 10.1 Å². The summed E-state index contributed by atoms with van der Waals surface area (Å²) < 4.78 is 15.5. The smallest absolute Gasteiger partial charge is 0.229 e. The molecule has 178 valence electrons. The molecule has 4 aromatic heterocycles. The van der Waals surface area contributed by atoms with Crippen molar-refractivity contribution < 1.29 is 9.15 Å². The van der Waals surface area contributed by atoms with Gasteiger partial charge in [-0.05, 0) is 37.1 Å². The number of rotatable bonds is 6. The Kier molecular flexibility index (Phi) is 5.40. The van der Waals surface area contributed by atoms with Crippen LogP contribution in [-0.4, -0.2) is 41.4 Å². The van der Waals surface area contributed by atoms with Gasteiger partial charge in [-0.25, -0.2) is 9.97 Å². The van der Waals surface area contributed by atoms with Crippen LogP contribution in [0.3, 0.4) is 0 Å². The number of methoxy groups -OCH3 is 1. The van der Waals surface area contributed by atoms with Gasteiger partial charge in [0.2, 0.25) is 5.95 Å². The van der Waals surface area contributed by atoms with E-state index < -0.39 is 0 Å². The van der Waals surface area contributed by atoms with Gasteiger partial charge in [0.05, 0.1) is 24.7 Å². The molecule has 1 aliphatic rings. The fraction of sp³-hybridized carbons (Fsp3) is 0.320. The van der Waals surface area contributed by atoms with Crippen molar-refractivity contribution in [3.63, 3.8) is 0 Å². The predicted octanol–water partition coefficient (Wildman–Crippen LogP) is 5.14. The van der Waals surface area contributed by atoms with Crippen LogP contribution in [-0.2, 0) is 7.05 Å². The summed E-state index contributed by atoms with van der Waals surface area (Å²) in [5, 5.41) is 12.5. The molecular formula is C25H26N8O2. The van der Waals surface area contributed by atoms with Crippen LogP contribution in [0.5, 0.6) is 5.75 Å². The fourth-order valence-corrected chi connectivity index (χ4v) is 4.91. The second-order valence-corrected chi connectivity index (χ2v) is 8.84. The fourth-order valence-electron chi connectivity index (χ4n) is 4.91. The van der Waals surface area contributed by atoms with Crippen LogP contribution in [0.1, 0.15) is 38.1 Å². The Bertz CT molecular complexity index is 1460. The van der Waals surface area contributed by atoms with Crippen LogP contribution in [0.4, 0.5) is 11.6 Å². The van der Waals surface area contributed by atoms with E-state index in [1.807, 2.05) is 36.0 Å². The van der Waals surface area contributed by atoms with E-state index in [0.717, 1.165) is 52.4 Å². The summed E-state index contributed by atoms with van der Waals surface area (Å²) in [6.07, 6.45) is 12.7. The number of nitrogens with zero attached hydrogens (tertiary/aromatic N) is 7. The number of fused-ring (bicyclic) bond motifs is 1. The molecule has 4 heterocycles. The third-order valence-corrected chi connectivity index (χ3v) is 6.62. The molecule has 1 aliphatic carbocycles. The minimum Gasteiger partial charge on any atom is -0.495 e. The maximum Gasteiger partial charge on any atom is 0.229 e. The van der Waals surface area contributed by atoms with Crippen molar-refractivity contribution >= 4 is 22.7 Å². The number of ether oxygens (including phenoxy) is 1. The number of hydrogen-bond donors (Lipinski definition) is 1. The highest BCUT2D eigenvalue weighted by molar-refractivity contribution is 5.84. The van der Waals surface area contributed by atoms with Gasteiger partial charge in [-0.2, -0.15) is 4.98 Å². The van der Waals surface area contributed by atoms with Crippen LogP contribution in [0.2, 0.25) is 0 Å². The Morgan fingerprint density at radius 2 is 2.00 bits per heavy atom. The van der Waals surface area contributed by atoms with Crippen molar-refractivity contribution in [1.29, 1.82) is 0 Å². The SMILES string of the molecule is COc1cc(-c2nncn2C)ccc1Nc1ncc2cc(-c3cnco3)n(C3CCCCC3)c2n1. The Morgan fingerprint density at radius 1 is 1.11 bits per heavy atom. The molecule has 0 radical (unpaired) electrons. The zero-order valence-corrected chi connectivity index (χ0v) is 19.7. The summed E-state index contributed by atoms with van der Waals surface area (Å²) in [7, 11) is 3.55. The van der Waals surface area contributed by atoms with Crippen LogP contribution in [0.25, 0.3) is 33.9 Å². The van der Waals surface area contributed by atoms with Gasteiger partial charge in [0.25, 0.3) is 0 Å². The molecule has 10 nitrogen and oxygen atoms in total. The Morgan fingerprint density at radius 3 is 2.74 bits per heavy atom. The molecule has 0 amide bonds. The molecule has 0 unspecified atom stereocenters. The molecule has 6 rings (SSSR count). The van der Waals surface area contributed by atoms with E-state index in [4.69, 9.17) is 14.1 Å². The van der Waals surface area contributed by atoms with Crippen molar-refractivity contribution in [2.75, 3.05) is 12.4 Å². The van der Waals surface area contributed by atoms with E-state index in [0.29, 0.717) is 17.7 Å². The molecule has 0 spiro atoms. The second-order valence-electron chi connectivity index (χ2n) is 8.84. The second kappa shape index (κ2) is 8.86. The minimum atomic E-state index is 0.365. The van der Waals surface area contributed by atoms with E-state index in [2.05, 4.69) is 36.1 Å². The first-order valence-corrected chi connectivity index (χ1v) is 11.8. The monoisotopic (exact) mass is 470 g/mol. The number of hydrogen-bond acceptors (Lipinski definition) is 8. The highest BCUT2D eigenvalue weighted by atomic mass is 16.5. The van der Waals surface area contributed by atoms with Crippen molar-refractivity contribution in [3.8, 4) is 28.6 Å². The summed E-state index contributed by atoms with van der Waals surface area (Å²) in [5.74, 6) is 2.67. The lowest BCUT2D eigenvalue weighted by molar-refractivity contribution is 0.360. The van der Waals surface area contributed by atoms with Gasteiger partial charge in [0.1, 0.15) is 17.7 Å². The Labute approximate surface area is 202 Å². The van der Waals surface area contributed by atoms with Crippen LogP contribution >= 0.6 is 0 Å². The molecule has 1 saturated carbocycles. The number of anilines is 2. The van der Waals surface area contributed by atoms with Gasteiger partial charge in [-0.1, -0.05) is 19.3 Å². The van der Waals surface area contributed by atoms with Gasteiger partial charge < -0.3 is 23.6 Å². The molecule has 10 heteroatoms. The molecule has 0 atom stereocenters. The maximum atomic E-state index is 5.66. The first kappa shape index (κ1) is 21.3. The highest BCUT2D eigenvalue weighted by Crippen LogP contribution is 2.37. The number of aromatic nitrogens is 7. The van der Waals surface area contributed by atoms with Gasteiger partial charge >= 0.3 is 0 Å². The van der Waals surface area contributed by atoms with Crippen molar-refractivity contribution in [2.45, 2.75) is 38.1 Å². The van der Waals surface area contributed by atoms with Crippen molar-refractivity contribution in [2.24, 2.45) is 7.05 Å². The zero-order valence-electron chi connectivity index (χ0n) is 19.7. The Balaban J connectivity index is 1.39. The van der Waals surface area contributed by atoms with Crippen molar-refractivity contribution in [1.82, 2.24) is 34.3 Å². The molecule has 1 N–H and O–H groups in total. The molecule has 0 saturated heterocycles. The quantitative estimate of drug-likeness (QED) is 0.363. The van der Waals surface area contributed by atoms with Gasteiger partial charge in [0, 0.05) is 30.2 Å². The summed E-state index contributed by atoms with van der Waals surface area (Å²) in [4.78, 5) is 13.6. The lowest BCUT2D eigenvalue weighted by Gasteiger charge is -2.25. The van der Waals surface area contributed by atoms with Crippen LogP contribution in [0.15, 0.2) is 53.8 Å². The first-order chi connectivity index (χ1) is 17.2. The number of oxazole rings is 1. The maximum absolute atomic E-state index is 5.66. The van der Waals surface area contributed by atoms with Crippen LogP contribution in [0, 0.1) is 0 Å². The third-order valence-electron chi connectivity index (χ3n) is 6.62. The Hall–Kier alpha value is -4.21. The van der Waals surface area contributed by atoms with Gasteiger partial charge in [-0.15, -0.1) is 10.2 Å². The van der Waals surface area contributed by atoms with E-state index in [1.165, 1.54) is 25.7 Å². The minimum absolute atomic E-state index is 0.365. The average Bonchev–Trinajstić information content (AvgIpc) is 3.64. The average molecular weight is 471 g/mol. The normalized spacial score (nSPS) is 14.5. The largest absolute Gasteiger partial charge is 0.495 e. The first-order valence-electron chi connectivity index (χ1n) is 11.8. The lowest BCUT2D eigenvalue weighted by Crippen LogP contribution is -2.14. The molecule has 0 bridgehead atoms. The molecule has 1 aromatic carbocycles. The zero-order chi connectivity index (χ0) is 23.8. The summed E-state index contributed by atoms with van der Waals surface area (Å²) in [6, 6.07) is 8.29. The molecule has 35 heavy (non-hydrogen) atoms. The number of benzene rings is 1.